The van der Waals surface area contributed by atoms with Crippen LogP contribution in [0.5, 0.6) is 0 Å². The third kappa shape index (κ3) is 6.49. The molecule has 3 heteroatoms. The summed E-state index contributed by atoms with van der Waals surface area (Å²) < 4.78 is 10.1. The Kier molecular flexibility index (Phi) is 8.68. The van der Waals surface area contributed by atoms with Crippen molar-refractivity contribution in [1.29, 1.82) is 0 Å². The van der Waals surface area contributed by atoms with Crippen molar-refractivity contribution in [3.8, 4) is 0 Å². The van der Waals surface area contributed by atoms with Crippen LogP contribution in [0.2, 0.25) is 0 Å². The summed E-state index contributed by atoms with van der Waals surface area (Å²) in [5, 5.41) is 0. The first kappa shape index (κ1) is 15.0. The molecule has 0 spiro atoms. The van der Waals surface area contributed by atoms with Gasteiger partial charge in [0.05, 0.1) is 13.2 Å². The van der Waals surface area contributed by atoms with Crippen molar-refractivity contribution in [1.82, 2.24) is 0 Å². The molecule has 0 heterocycles. The van der Waals surface area contributed by atoms with Crippen LogP contribution in [0.25, 0.3) is 0 Å². The first-order valence-electron chi connectivity index (χ1n) is 6.14. The minimum absolute atomic E-state index is 0.122. The number of unbranched alkanes of at least 4 members (excludes halogenated alkanes) is 1. The zero-order valence-corrected chi connectivity index (χ0v) is 10.8. The number of carbonyl (C=O) groups is 1. The first-order valence-corrected chi connectivity index (χ1v) is 6.14. The lowest BCUT2D eigenvalue weighted by atomic mass is 10.0. The molecule has 16 heavy (non-hydrogen) atoms. The Balaban J connectivity index is 3.82. The van der Waals surface area contributed by atoms with E-state index in [1.54, 1.807) is 6.92 Å². The highest BCUT2D eigenvalue weighted by Gasteiger charge is 2.12. The van der Waals surface area contributed by atoms with Crippen molar-refractivity contribution in [2.24, 2.45) is 5.92 Å². The number of esters is 1. The molecule has 0 aliphatic heterocycles. The lowest BCUT2D eigenvalue weighted by Crippen LogP contribution is -2.14. The average Bonchev–Trinajstić information content (AvgIpc) is 2.29. The second-order valence-electron chi connectivity index (χ2n) is 3.87. The summed E-state index contributed by atoms with van der Waals surface area (Å²) in [5.41, 5.74) is 0. The largest absolute Gasteiger partial charge is 0.487 e. The third-order valence-corrected chi connectivity index (χ3v) is 2.54. The summed E-state index contributed by atoms with van der Waals surface area (Å²) in [6.07, 6.45) is 4.60. The fourth-order valence-corrected chi connectivity index (χ4v) is 1.39. The van der Waals surface area contributed by atoms with Crippen LogP contribution in [-0.4, -0.2) is 19.2 Å². The molecule has 0 aromatic carbocycles. The van der Waals surface area contributed by atoms with Crippen molar-refractivity contribution >= 4 is 5.97 Å². The number of hydrogen-bond acceptors (Lipinski definition) is 3. The third-order valence-electron chi connectivity index (χ3n) is 2.54. The normalized spacial score (nSPS) is 11.9. The van der Waals surface area contributed by atoms with E-state index in [4.69, 9.17) is 9.47 Å². The maximum absolute atomic E-state index is 11.2. The van der Waals surface area contributed by atoms with Gasteiger partial charge in [-0.05, 0) is 25.8 Å². The van der Waals surface area contributed by atoms with Crippen LogP contribution in [0.3, 0.4) is 0 Å². The molecule has 1 atom stereocenters. The molecule has 0 aromatic heterocycles. The fraction of sp³-hybridized carbons (Fsp3) is 0.769. The monoisotopic (exact) mass is 228 g/mol. The molecule has 0 saturated heterocycles. The molecule has 0 rings (SSSR count). The van der Waals surface area contributed by atoms with E-state index in [1.807, 2.05) is 0 Å². The lowest BCUT2D eigenvalue weighted by molar-refractivity contribution is -0.142. The van der Waals surface area contributed by atoms with Crippen LogP contribution in [0.1, 0.15) is 46.5 Å². The Morgan fingerprint density at radius 1 is 1.25 bits per heavy atom. The summed E-state index contributed by atoms with van der Waals surface area (Å²) in [5.74, 6) is 0.177. The average molecular weight is 228 g/mol. The molecular formula is C13H24O3. The van der Waals surface area contributed by atoms with Crippen molar-refractivity contribution in [3.63, 3.8) is 0 Å². The van der Waals surface area contributed by atoms with Crippen LogP contribution >= 0.6 is 0 Å². The number of carbonyl (C=O) groups excluding carboxylic acids is 1. The topological polar surface area (TPSA) is 35.5 Å². The van der Waals surface area contributed by atoms with Crippen molar-refractivity contribution in [3.05, 3.63) is 12.3 Å². The summed E-state index contributed by atoms with van der Waals surface area (Å²) in [6.45, 7) is 10.6. The first-order chi connectivity index (χ1) is 7.65. The molecule has 1 unspecified atom stereocenters. The van der Waals surface area contributed by atoms with Crippen LogP contribution in [0, 0.1) is 5.92 Å². The standard InChI is InChI=1S/C13H24O3/c1-5-8-9-12(6-2)10-16-11(4)13(14)15-7-3/h12H,4-10H2,1-3H3. The Morgan fingerprint density at radius 2 is 1.94 bits per heavy atom. The molecule has 0 fully saturated rings. The molecule has 0 aromatic rings. The van der Waals surface area contributed by atoms with Crippen LogP contribution < -0.4 is 0 Å². The smallest absolute Gasteiger partial charge is 0.372 e. The van der Waals surface area contributed by atoms with Gasteiger partial charge in [0.2, 0.25) is 0 Å². The van der Waals surface area contributed by atoms with E-state index in [0.29, 0.717) is 19.1 Å². The predicted molar refractivity (Wildman–Crippen MR) is 65.0 cm³/mol. The molecule has 0 saturated carbocycles. The van der Waals surface area contributed by atoms with Gasteiger partial charge in [-0.2, -0.15) is 0 Å². The van der Waals surface area contributed by atoms with E-state index in [-0.39, 0.29) is 5.76 Å². The van der Waals surface area contributed by atoms with Crippen molar-refractivity contribution < 1.29 is 14.3 Å². The van der Waals surface area contributed by atoms with Gasteiger partial charge in [0, 0.05) is 0 Å². The van der Waals surface area contributed by atoms with E-state index >= 15 is 0 Å². The molecule has 3 nitrogen and oxygen atoms in total. The van der Waals surface area contributed by atoms with E-state index in [0.717, 1.165) is 12.8 Å². The molecule has 0 N–H and O–H groups in total. The van der Waals surface area contributed by atoms with Gasteiger partial charge in [0.1, 0.15) is 0 Å². The number of hydrogen-bond donors (Lipinski definition) is 0. The molecule has 0 bridgehead atoms. The van der Waals surface area contributed by atoms with Gasteiger partial charge in [-0.1, -0.05) is 33.1 Å². The molecule has 94 valence electrons. The van der Waals surface area contributed by atoms with E-state index < -0.39 is 5.97 Å². The maximum atomic E-state index is 11.2. The summed E-state index contributed by atoms with van der Waals surface area (Å²) in [6, 6.07) is 0. The van der Waals surface area contributed by atoms with E-state index in [1.165, 1.54) is 12.8 Å². The Morgan fingerprint density at radius 3 is 2.44 bits per heavy atom. The molecular weight excluding hydrogens is 204 g/mol. The number of ether oxygens (including phenoxy) is 2. The Bertz CT molecular complexity index is 211. The maximum Gasteiger partial charge on any atom is 0.372 e. The zero-order valence-electron chi connectivity index (χ0n) is 10.8. The van der Waals surface area contributed by atoms with Gasteiger partial charge in [-0.15, -0.1) is 0 Å². The molecule has 0 amide bonds. The Labute approximate surface area is 98.8 Å². The minimum Gasteiger partial charge on any atom is -0.487 e. The Hall–Kier alpha value is -0.990. The second-order valence-corrected chi connectivity index (χ2v) is 3.87. The van der Waals surface area contributed by atoms with Crippen LogP contribution in [0.4, 0.5) is 0 Å². The summed E-state index contributed by atoms with van der Waals surface area (Å²) in [7, 11) is 0. The van der Waals surface area contributed by atoms with E-state index in [9.17, 15) is 4.79 Å². The number of rotatable bonds is 9. The SMILES string of the molecule is C=C(OCC(CC)CCCC)C(=O)OCC. The van der Waals surface area contributed by atoms with Crippen LogP contribution in [0.15, 0.2) is 12.3 Å². The van der Waals surface area contributed by atoms with Gasteiger partial charge in [-0.3, -0.25) is 0 Å². The van der Waals surface area contributed by atoms with Gasteiger partial charge < -0.3 is 9.47 Å². The highest BCUT2D eigenvalue weighted by Crippen LogP contribution is 2.14. The fourth-order valence-electron chi connectivity index (χ4n) is 1.39. The quantitative estimate of drug-likeness (QED) is 0.345. The van der Waals surface area contributed by atoms with Gasteiger partial charge in [-0.25, -0.2) is 4.79 Å². The second kappa shape index (κ2) is 9.25. The van der Waals surface area contributed by atoms with Crippen molar-refractivity contribution in [2.45, 2.75) is 46.5 Å². The van der Waals surface area contributed by atoms with Gasteiger partial charge in [0.25, 0.3) is 0 Å². The summed E-state index contributed by atoms with van der Waals surface area (Å²) >= 11 is 0. The molecule has 0 aliphatic carbocycles. The highest BCUT2D eigenvalue weighted by atomic mass is 16.6. The zero-order chi connectivity index (χ0) is 12.4. The summed E-state index contributed by atoms with van der Waals surface area (Å²) in [4.78, 5) is 11.2. The predicted octanol–water partition coefficient (Wildman–Crippen LogP) is 3.30. The van der Waals surface area contributed by atoms with Crippen molar-refractivity contribution in [2.75, 3.05) is 13.2 Å². The molecule has 0 radical (unpaired) electrons. The van der Waals surface area contributed by atoms with Crippen LogP contribution in [-0.2, 0) is 14.3 Å². The van der Waals surface area contributed by atoms with E-state index in [2.05, 4.69) is 20.4 Å². The minimum atomic E-state index is -0.451. The lowest BCUT2D eigenvalue weighted by Gasteiger charge is -2.15. The molecule has 0 aliphatic rings. The van der Waals surface area contributed by atoms with Gasteiger partial charge in [0.15, 0.2) is 5.76 Å². The highest BCUT2D eigenvalue weighted by molar-refractivity contribution is 5.85. The van der Waals surface area contributed by atoms with Gasteiger partial charge >= 0.3 is 5.97 Å².